The van der Waals surface area contributed by atoms with E-state index in [-0.39, 0.29) is 23.2 Å². The van der Waals surface area contributed by atoms with Gasteiger partial charge in [-0.25, -0.2) is 4.79 Å². The summed E-state index contributed by atoms with van der Waals surface area (Å²) in [6.07, 6.45) is 1.86. The number of carbonyl (C=O) groups excluding carboxylic acids is 1. The van der Waals surface area contributed by atoms with Crippen LogP contribution in [0, 0.1) is 0 Å². The minimum Gasteiger partial charge on any atom is -0.478 e. The van der Waals surface area contributed by atoms with Gasteiger partial charge in [-0.05, 0) is 31.0 Å². The number of ether oxygens (including phenoxy) is 2. The fourth-order valence-corrected chi connectivity index (χ4v) is 3.44. The van der Waals surface area contributed by atoms with Gasteiger partial charge >= 0.3 is 5.97 Å². The van der Waals surface area contributed by atoms with Gasteiger partial charge < -0.3 is 19.5 Å². The maximum absolute atomic E-state index is 12.6. The normalized spacial score (nSPS) is 26.7. The third kappa shape index (κ3) is 3.76. The van der Waals surface area contributed by atoms with Crippen LogP contribution in [0.4, 0.5) is 0 Å². The van der Waals surface area contributed by atoms with Crippen LogP contribution < -0.4 is 0 Å². The summed E-state index contributed by atoms with van der Waals surface area (Å²) in [6, 6.07) is 6.68. The summed E-state index contributed by atoms with van der Waals surface area (Å²) in [5.41, 5.74) is 0.889. The fourth-order valence-electron chi connectivity index (χ4n) is 3.44. The average Bonchev–Trinajstić information content (AvgIpc) is 2.99. The van der Waals surface area contributed by atoms with Crippen LogP contribution in [0.5, 0.6) is 0 Å². The molecule has 0 unspecified atom stereocenters. The highest BCUT2D eigenvalue weighted by molar-refractivity contribution is 5.87. The van der Waals surface area contributed by atoms with Crippen LogP contribution in [0.15, 0.2) is 24.3 Å². The van der Waals surface area contributed by atoms with Gasteiger partial charge in [-0.3, -0.25) is 4.79 Å². The van der Waals surface area contributed by atoms with Crippen molar-refractivity contribution in [3.8, 4) is 0 Å². The van der Waals surface area contributed by atoms with Crippen molar-refractivity contribution in [1.29, 1.82) is 0 Å². The molecule has 2 heterocycles. The Balaban J connectivity index is 1.57. The molecule has 0 saturated carbocycles. The van der Waals surface area contributed by atoms with Crippen molar-refractivity contribution in [3.05, 3.63) is 35.4 Å². The summed E-state index contributed by atoms with van der Waals surface area (Å²) in [5.74, 6) is -0.831. The molecule has 2 fully saturated rings. The van der Waals surface area contributed by atoms with Crippen LogP contribution in [-0.2, 0) is 20.7 Å². The summed E-state index contributed by atoms with van der Waals surface area (Å²) in [6.45, 7) is 4.43. The molecule has 2 aliphatic heterocycles. The van der Waals surface area contributed by atoms with E-state index in [1.165, 1.54) is 0 Å². The summed E-state index contributed by atoms with van der Waals surface area (Å²) < 4.78 is 11.5. The van der Waals surface area contributed by atoms with E-state index in [0.717, 1.165) is 12.0 Å². The first-order valence-electron chi connectivity index (χ1n) is 8.33. The zero-order valence-electron chi connectivity index (χ0n) is 13.9. The summed E-state index contributed by atoms with van der Waals surface area (Å²) in [4.78, 5) is 25.3. The van der Waals surface area contributed by atoms with Gasteiger partial charge in [-0.2, -0.15) is 0 Å². The number of amides is 1. The van der Waals surface area contributed by atoms with Gasteiger partial charge in [0, 0.05) is 26.0 Å². The second kappa shape index (κ2) is 6.91. The lowest BCUT2D eigenvalue weighted by atomic mass is 9.98. The van der Waals surface area contributed by atoms with Crippen LogP contribution in [0.3, 0.4) is 0 Å². The maximum Gasteiger partial charge on any atom is 0.335 e. The first-order chi connectivity index (χ1) is 11.5. The standard InChI is InChI=1S/C18H23NO5/c1-13-10-19(11-18(24-13)8-9-23-12-18)16(20)7-4-14-2-5-15(6-3-14)17(21)22/h2-3,5-6,13H,4,7-12H2,1H3,(H,21,22)/t13-,18-/m1/s1. The molecular weight excluding hydrogens is 310 g/mol. The summed E-state index contributed by atoms with van der Waals surface area (Å²) in [5, 5.41) is 8.91. The van der Waals surface area contributed by atoms with Gasteiger partial charge in [0.15, 0.2) is 0 Å². The van der Waals surface area contributed by atoms with Crippen LogP contribution >= 0.6 is 0 Å². The van der Waals surface area contributed by atoms with E-state index >= 15 is 0 Å². The largest absolute Gasteiger partial charge is 0.478 e. The molecule has 0 aromatic heterocycles. The number of carbonyl (C=O) groups is 2. The van der Waals surface area contributed by atoms with Crippen LogP contribution in [0.25, 0.3) is 0 Å². The van der Waals surface area contributed by atoms with Crippen LogP contribution in [-0.4, -0.2) is 59.9 Å². The molecule has 2 atom stereocenters. The first kappa shape index (κ1) is 16.9. The number of aromatic carboxylic acids is 1. The molecule has 0 aliphatic carbocycles. The van der Waals surface area contributed by atoms with Gasteiger partial charge in [-0.1, -0.05) is 12.1 Å². The highest BCUT2D eigenvalue weighted by Crippen LogP contribution is 2.30. The fraction of sp³-hybridized carbons (Fsp3) is 0.556. The molecule has 0 bridgehead atoms. The zero-order valence-corrected chi connectivity index (χ0v) is 13.9. The summed E-state index contributed by atoms with van der Waals surface area (Å²) in [7, 11) is 0. The molecule has 3 rings (SSSR count). The van der Waals surface area contributed by atoms with Crippen molar-refractivity contribution in [2.45, 2.75) is 37.9 Å². The average molecular weight is 333 g/mol. The molecule has 1 aromatic rings. The van der Waals surface area contributed by atoms with Crippen molar-refractivity contribution in [3.63, 3.8) is 0 Å². The summed E-state index contributed by atoms with van der Waals surface area (Å²) >= 11 is 0. The predicted molar refractivity (Wildman–Crippen MR) is 87.0 cm³/mol. The van der Waals surface area contributed by atoms with E-state index < -0.39 is 5.97 Å². The molecule has 1 spiro atoms. The second-order valence-electron chi connectivity index (χ2n) is 6.69. The lowest BCUT2D eigenvalue weighted by molar-refractivity contribution is -0.166. The smallest absolute Gasteiger partial charge is 0.335 e. The van der Waals surface area contributed by atoms with E-state index in [0.29, 0.717) is 39.1 Å². The lowest BCUT2D eigenvalue weighted by Crippen LogP contribution is -2.57. The highest BCUT2D eigenvalue weighted by Gasteiger charge is 2.43. The van der Waals surface area contributed by atoms with Gasteiger partial charge in [0.2, 0.25) is 5.91 Å². The third-order valence-electron chi connectivity index (χ3n) is 4.66. The molecule has 2 saturated heterocycles. The number of carboxylic acid groups (broad SMARTS) is 1. The van der Waals surface area contributed by atoms with E-state index in [2.05, 4.69) is 0 Å². The lowest BCUT2D eigenvalue weighted by Gasteiger charge is -2.42. The second-order valence-corrected chi connectivity index (χ2v) is 6.69. The zero-order chi connectivity index (χ0) is 17.2. The van der Waals surface area contributed by atoms with E-state index in [9.17, 15) is 9.59 Å². The number of hydrogen-bond acceptors (Lipinski definition) is 4. The molecule has 1 amide bonds. The topological polar surface area (TPSA) is 76.1 Å². The van der Waals surface area contributed by atoms with Crippen molar-refractivity contribution < 1.29 is 24.2 Å². The number of carboxylic acids is 1. The Morgan fingerprint density at radius 2 is 2.08 bits per heavy atom. The molecule has 1 N–H and O–H groups in total. The molecule has 6 heteroatoms. The van der Waals surface area contributed by atoms with Gasteiger partial charge in [0.05, 0.1) is 24.8 Å². The van der Waals surface area contributed by atoms with Gasteiger partial charge in [-0.15, -0.1) is 0 Å². The van der Waals surface area contributed by atoms with Crippen molar-refractivity contribution in [2.75, 3.05) is 26.3 Å². The molecule has 130 valence electrons. The Morgan fingerprint density at radius 1 is 1.33 bits per heavy atom. The minimum atomic E-state index is -0.941. The molecule has 1 aromatic carbocycles. The Kier molecular flexibility index (Phi) is 4.87. The monoisotopic (exact) mass is 333 g/mol. The van der Waals surface area contributed by atoms with E-state index in [1.807, 2.05) is 11.8 Å². The Morgan fingerprint density at radius 3 is 2.71 bits per heavy atom. The number of benzene rings is 1. The molecule has 2 aliphatic rings. The SMILES string of the molecule is C[C@@H]1CN(C(=O)CCc2ccc(C(=O)O)cc2)C[C@@]2(CCOC2)O1. The Bertz CT molecular complexity index is 606. The number of nitrogens with zero attached hydrogens (tertiary/aromatic N) is 1. The van der Waals surface area contributed by atoms with E-state index in [1.54, 1.807) is 24.3 Å². The van der Waals surface area contributed by atoms with Crippen LogP contribution in [0.2, 0.25) is 0 Å². The van der Waals surface area contributed by atoms with Crippen LogP contribution in [0.1, 0.15) is 35.7 Å². The van der Waals surface area contributed by atoms with Crippen molar-refractivity contribution >= 4 is 11.9 Å². The number of hydrogen-bond donors (Lipinski definition) is 1. The van der Waals surface area contributed by atoms with Crippen molar-refractivity contribution in [2.24, 2.45) is 0 Å². The van der Waals surface area contributed by atoms with Crippen molar-refractivity contribution in [1.82, 2.24) is 4.90 Å². The highest BCUT2D eigenvalue weighted by atomic mass is 16.6. The van der Waals surface area contributed by atoms with E-state index in [4.69, 9.17) is 14.6 Å². The minimum absolute atomic E-state index is 0.0132. The maximum atomic E-state index is 12.6. The third-order valence-corrected chi connectivity index (χ3v) is 4.66. The first-order valence-corrected chi connectivity index (χ1v) is 8.33. The predicted octanol–water partition coefficient (Wildman–Crippen LogP) is 1.72. The number of rotatable bonds is 4. The molecule has 24 heavy (non-hydrogen) atoms. The molecule has 0 radical (unpaired) electrons. The van der Waals surface area contributed by atoms with Gasteiger partial charge in [0.25, 0.3) is 0 Å². The number of aryl methyl sites for hydroxylation is 1. The Hall–Kier alpha value is -1.92. The quantitative estimate of drug-likeness (QED) is 0.908. The van der Waals surface area contributed by atoms with Gasteiger partial charge in [0.1, 0.15) is 5.60 Å². The molecule has 6 nitrogen and oxygen atoms in total. The number of morpholine rings is 1. The Labute approximate surface area is 141 Å². The molecular formula is C18H23NO5.